The molecule has 2 atom stereocenters. The fraction of sp³-hybridized carbons (Fsp3) is 0.375. The molecule has 106 valence electrons. The first kappa shape index (κ1) is 15.8. The molecule has 4 nitrogen and oxygen atoms in total. The van der Waals surface area contributed by atoms with Crippen LogP contribution in [0.1, 0.15) is 37.4 Å². The molecule has 1 N–H and O–H groups in total. The lowest BCUT2D eigenvalue weighted by Gasteiger charge is -2.18. The summed E-state index contributed by atoms with van der Waals surface area (Å²) < 4.78 is 5.03. The number of rotatable bonds is 5. The Morgan fingerprint density at radius 1 is 1.35 bits per heavy atom. The largest absolute Gasteiger partial charge is 0.449 e. The van der Waals surface area contributed by atoms with E-state index in [9.17, 15) is 9.59 Å². The molecule has 0 fully saturated rings. The molecule has 1 amide bonds. The Morgan fingerprint density at radius 3 is 2.45 bits per heavy atom. The Hall–Kier alpha value is -2.28. The molecule has 0 spiro atoms. The molecule has 4 heteroatoms. The molecule has 0 radical (unpaired) electrons. The first-order chi connectivity index (χ1) is 9.42. The first-order valence-electron chi connectivity index (χ1n) is 6.41. The van der Waals surface area contributed by atoms with Crippen LogP contribution in [0.2, 0.25) is 0 Å². The Kier molecular flexibility index (Phi) is 5.79. The minimum Gasteiger partial charge on any atom is -0.449 e. The zero-order valence-corrected chi connectivity index (χ0v) is 12.0. The van der Waals surface area contributed by atoms with Crippen LogP contribution >= 0.6 is 0 Å². The quantitative estimate of drug-likeness (QED) is 0.660. The van der Waals surface area contributed by atoms with Gasteiger partial charge in [-0.2, -0.15) is 0 Å². The molecule has 0 aliphatic rings. The minimum atomic E-state index is -0.571. The molecule has 0 bridgehead atoms. The standard InChI is InChI=1S/C16H19NO3/c1-5-12(3)20-16(19)10-15(17-13(4)18)14-8-6-11(2)7-9-14/h1,6-9,12,15H,10H2,2-4H3,(H,17,18)/t12-,15-/m1/s1. The molecule has 0 saturated heterocycles. The second-order valence-corrected chi connectivity index (χ2v) is 4.67. The molecule has 0 aliphatic heterocycles. The van der Waals surface area contributed by atoms with Crippen LogP contribution in [0, 0.1) is 19.3 Å². The van der Waals surface area contributed by atoms with E-state index >= 15 is 0 Å². The van der Waals surface area contributed by atoms with E-state index in [1.165, 1.54) is 6.92 Å². The van der Waals surface area contributed by atoms with Gasteiger partial charge in [-0.05, 0) is 19.4 Å². The Labute approximate surface area is 119 Å². The molecular weight excluding hydrogens is 254 g/mol. The third kappa shape index (κ3) is 5.15. The zero-order valence-electron chi connectivity index (χ0n) is 12.0. The summed E-state index contributed by atoms with van der Waals surface area (Å²) in [7, 11) is 0. The van der Waals surface area contributed by atoms with E-state index in [0.29, 0.717) is 0 Å². The number of benzene rings is 1. The summed E-state index contributed by atoms with van der Waals surface area (Å²) >= 11 is 0. The van der Waals surface area contributed by atoms with Gasteiger partial charge in [-0.3, -0.25) is 9.59 Å². The fourth-order valence-electron chi connectivity index (χ4n) is 1.74. The smallest absolute Gasteiger partial charge is 0.309 e. The number of terminal acetylenes is 1. The van der Waals surface area contributed by atoms with Gasteiger partial charge in [0, 0.05) is 6.92 Å². The average Bonchev–Trinajstić information content (AvgIpc) is 2.38. The van der Waals surface area contributed by atoms with Crippen LogP contribution in [0.25, 0.3) is 0 Å². The van der Waals surface area contributed by atoms with Gasteiger partial charge in [0.05, 0.1) is 12.5 Å². The molecule has 20 heavy (non-hydrogen) atoms. The summed E-state index contributed by atoms with van der Waals surface area (Å²) in [5, 5.41) is 2.75. The summed E-state index contributed by atoms with van der Waals surface area (Å²) in [6.45, 7) is 5.01. The van der Waals surface area contributed by atoms with E-state index in [2.05, 4.69) is 11.2 Å². The molecule has 0 saturated carbocycles. The summed E-state index contributed by atoms with van der Waals surface area (Å²) in [4.78, 5) is 23.0. The minimum absolute atomic E-state index is 0.0503. The summed E-state index contributed by atoms with van der Waals surface area (Å²) in [6, 6.07) is 7.21. The third-order valence-corrected chi connectivity index (χ3v) is 2.77. The van der Waals surface area contributed by atoms with Crippen LogP contribution in [-0.4, -0.2) is 18.0 Å². The summed E-state index contributed by atoms with van der Waals surface area (Å²) in [6.07, 6.45) is 4.64. The number of aryl methyl sites for hydroxylation is 1. The second-order valence-electron chi connectivity index (χ2n) is 4.67. The lowest BCUT2D eigenvalue weighted by atomic mass is 10.0. The zero-order chi connectivity index (χ0) is 15.1. The van der Waals surface area contributed by atoms with Crippen molar-refractivity contribution in [3.8, 4) is 12.3 Å². The summed E-state index contributed by atoms with van der Waals surface area (Å²) in [5.74, 6) is 1.69. The summed E-state index contributed by atoms with van der Waals surface area (Å²) in [5.41, 5.74) is 1.97. The molecule has 1 aromatic rings. The molecule has 1 rings (SSSR count). The second kappa shape index (κ2) is 7.34. The normalized spacial score (nSPS) is 12.9. The van der Waals surface area contributed by atoms with Crippen molar-refractivity contribution in [2.45, 2.75) is 39.3 Å². The van der Waals surface area contributed by atoms with Crippen molar-refractivity contribution in [3.63, 3.8) is 0 Å². The van der Waals surface area contributed by atoms with Crippen LogP contribution < -0.4 is 5.32 Å². The molecule has 0 aromatic heterocycles. The van der Waals surface area contributed by atoms with Gasteiger partial charge in [0.1, 0.15) is 0 Å². The number of nitrogens with one attached hydrogen (secondary N) is 1. The van der Waals surface area contributed by atoms with Gasteiger partial charge in [0.2, 0.25) is 5.91 Å². The Morgan fingerprint density at radius 2 is 1.95 bits per heavy atom. The predicted octanol–water partition coefficient (Wildman–Crippen LogP) is 2.13. The highest BCUT2D eigenvalue weighted by Crippen LogP contribution is 2.18. The van der Waals surface area contributed by atoms with Gasteiger partial charge < -0.3 is 10.1 Å². The number of hydrogen-bond acceptors (Lipinski definition) is 3. The van der Waals surface area contributed by atoms with E-state index in [-0.39, 0.29) is 12.3 Å². The van der Waals surface area contributed by atoms with E-state index in [1.54, 1.807) is 6.92 Å². The Balaban J connectivity index is 2.80. The molecule has 0 unspecified atom stereocenters. The molecule has 0 heterocycles. The number of carbonyl (C=O) groups is 2. The van der Waals surface area contributed by atoms with E-state index in [4.69, 9.17) is 11.2 Å². The van der Waals surface area contributed by atoms with Crippen molar-refractivity contribution >= 4 is 11.9 Å². The molecule has 0 aliphatic carbocycles. The highest BCUT2D eigenvalue weighted by molar-refractivity contribution is 5.76. The topological polar surface area (TPSA) is 55.4 Å². The van der Waals surface area contributed by atoms with Crippen LogP contribution in [-0.2, 0) is 14.3 Å². The van der Waals surface area contributed by atoms with Crippen molar-refractivity contribution in [3.05, 3.63) is 35.4 Å². The number of amides is 1. The van der Waals surface area contributed by atoms with Crippen LogP contribution in [0.15, 0.2) is 24.3 Å². The molecular formula is C16H19NO3. The highest BCUT2D eigenvalue weighted by atomic mass is 16.5. The van der Waals surface area contributed by atoms with Crippen molar-refractivity contribution in [1.29, 1.82) is 0 Å². The van der Waals surface area contributed by atoms with Gasteiger partial charge in [-0.15, -0.1) is 6.42 Å². The number of ether oxygens (including phenoxy) is 1. The van der Waals surface area contributed by atoms with Gasteiger partial charge in [0.15, 0.2) is 6.10 Å². The number of hydrogen-bond donors (Lipinski definition) is 1. The van der Waals surface area contributed by atoms with Crippen molar-refractivity contribution in [2.24, 2.45) is 0 Å². The van der Waals surface area contributed by atoms with Crippen LogP contribution in [0.4, 0.5) is 0 Å². The maximum absolute atomic E-state index is 11.8. The van der Waals surface area contributed by atoms with Gasteiger partial charge >= 0.3 is 5.97 Å². The highest BCUT2D eigenvalue weighted by Gasteiger charge is 2.19. The van der Waals surface area contributed by atoms with Crippen LogP contribution in [0.5, 0.6) is 0 Å². The van der Waals surface area contributed by atoms with Gasteiger partial charge in [0.25, 0.3) is 0 Å². The van der Waals surface area contributed by atoms with Gasteiger partial charge in [-0.25, -0.2) is 0 Å². The SMILES string of the molecule is C#C[C@@H](C)OC(=O)C[C@@H](NC(C)=O)c1ccc(C)cc1. The fourth-order valence-corrected chi connectivity index (χ4v) is 1.74. The Bertz CT molecular complexity index is 514. The maximum Gasteiger partial charge on any atom is 0.309 e. The van der Waals surface area contributed by atoms with Gasteiger partial charge in [-0.1, -0.05) is 35.7 Å². The van der Waals surface area contributed by atoms with E-state index in [1.807, 2.05) is 31.2 Å². The van der Waals surface area contributed by atoms with E-state index < -0.39 is 18.1 Å². The lowest BCUT2D eigenvalue weighted by molar-refractivity contribution is -0.146. The number of carbonyl (C=O) groups excluding carboxylic acids is 2. The van der Waals surface area contributed by atoms with E-state index in [0.717, 1.165) is 11.1 Å². The maximum atomic E-state index is 11.8. The van der Waals surface area contributed by atoms with Crippen molar-refractivity contribution in [1.82, 2.24) is 5.32 Å². The predicted molar refractivity (Wildman–Crippen MR) is 76.7 cm³/mol. The average molecular weight is 273 g/mol. The first-order valence-corrected chi connectivity index (χ1v) is 6.41. The van der Waals surface area contributed by atoms with Crippen molar-refractivity contribution in [2.75, 3.05) is 0 Å². The van der Waals surface area contributed by atoms with Crippen LogP contribution in [0.3, 0.4) is 0 Å². The number of esters is 1. The third-order valence-electron chi connectivity index (χ3n) is 2.77. The monoisotopic (exact) mass is 273 g/mol. The van der Waals surface area contributed by atoms with Crippen molar-refractivity contribution < 1.29 is 14.3 Å². The molecule has 1 aromatic carbocycles. The lowest BCUT2D eigenvalue weighted by Crippen LogP contribution is -2.29.